The molecule has 0 aromatic rings. The maximum absolute atomic E-state index is 12.6. The van der Waals surface area contributed by atoms with Gasteiger partial charge in [0.2, 0.25) is 5.91 Å². The van der Waals surface area contributed by atoms with Gasteiger partial charge in [-0.15, -0.1) is 0 Å². The van der Waals surface area contributed by atoms with Gasteiger partial charge < -0.3 is 9.64 Å². The molecule has 0 radical (unpaired) electrons. The van der Waals surface area contributed by atoms with Crippen molar-refractivity contribution in [3.63, 3.8) is 0 Å². The molecule has 2 atom stereocenters. The fourth-order valence-corrected chi connectivity index (χ4v) is 3.05. The van der Waals surface area contributed by atoms with Crippen LogP contribution in [-0.4, -0.2) is 48.5 Å². The van der Waals surface area contributed by atoms with Crippen LogP contribution in [0.2, 0.25) is 0 Å². The summed E-state index contributed by atoms with van der Waals surface area (Å²) in [7, 11) is 1.20. The smallest absolute Gasteiger partial charge is 0.316 e. The van der Waals surface area contributed by atoms with Crippen molar-refractivity contribution in [2.24, 2.45) is 17.3 Å². The van der Waals surface area contributed by atoms with Crippen LogP contribution in [0.25, 0.3) is 0 Å². The number of ether oxygens (including phenoxy) is 1. The van der Waals surface area contributed by atoms with Crippen molar-refractivity contribution in [2.45, 2.75) is 40.5 Å². The van der Waals surface area contributed by atoms with Gasteiger partial charge in [0.25, 0.3) is 0 Å². The first-order valence-corrected chi connectivity index (χ1v) is 7.64. The molecule has 1 aliphatic carbocycles. The van der Waals surface area contributed by atoms with Gasteiger partial charge in [0.05, 0.1) is 7.11 Å². The monoisotopic (exact) mass is 311 g/mol. The Kier molecular flexibility index (Phi) is 5.85. The van der Waals surface area contributed by atoms with E-state index in [2.05, 4.69) is 0 Å². The fraction of sp³-hybridized carbons (Fsp3) is 0.750. The summed E-state index contributed by atoms with van der Waals surface area (Å²) in [5, 5.41) is 0. The SMILES string of the molecule is CCCN(CC)C(=O)C1C(=O)CC(C)(C)C(C(=O)OC)C1=O. The maximum Gasteiger partial charge on any atom is 0.316 e. The average molecular weight is 311 g/mol. The van der Waals surface area contributed by atoms with Crippen LogP contribution >= 0.6 is 0 Å². The number of ketones is 2. The van der Waals surface area contributed by atoms with E-state index in [1.165, 1.54) is 12.0 Å². The Labute approximate surface area is 131 Å². The molecule has 0 saturated heterocycles. The van der Waals surface area contributed by atoms with E-state index in [9.17, 15) is 19.2 Å². The first kappa shape index (κ1) is 18.3. The van der Waals surface area contributed by atoms with Gasteiger partial charge in [-0.05, 0) is 18.8 Å². The van der Waals surface area contributed by atoms with Crippen LogP contribution in [0.3, 0.4) is 0 Å². The number of hydrogen-bond donors (Lipinski definition) is 0. The summed E-state index contributed by atoms with van der Waals surface area (Å²) in [5.41, 5.74) is -0.833. The molecule has 22 heavy (non-hydrogen) atoms. The van der Waals surface area contributed by atoms with Crippen LogP contribution in [0.5, 0.6) is 0 Å². The summed E-state index contributed by atoms with van der Waals surface area (Å²) < 4.78 is 4.70. The van der Waals surface area contributed by atoms with Crippen LogP contribution in [0.15, 0.2) is 0 Å². The van der Waals surface area contributed by atoms with Crippen LogP contribution < -0.4 is 0 Å². The first-order valence-electron chi connectivity index (χ1n) is 7.64. The molecule has 1 rings (SSSR count). The molecule has 1 amide bonds. The third-order valence-electron chi connectivity index (χ3n) is 4.17. The van der Waals surface area contributed by atoms with Crippen molar-refractivity contribution in [1.82, 2.24) is 4.90 Å². The Balaban J connectivity index is 3.15. The van der Waals surface area contributed by atoms with Crippen LogP contribution in [0.4, 0.5) is 0 Å². The highest BCUT2D eigenvalue weighted by atomic mass is 16.5. The highest BCUT2D eigenvalue weighted by molar-refractivity contribution is 6.24. The van der Waals surface area contributed by atoms with Gasteiger partial charge in [-0.3, -0.25) is 19.2 Å². The van der Waals surface area contributed by atoms with Crippen molar-refractivity contribution < 1.29 is 23.9 Å². The molecule has 124 valence electrons. The Hall–Kier alpha value is -1.72. The summed E-state index contributed by atoms with van der Waals surface area (Å²) >= 11 is 0. The van der Waals surface area contributed by atoms with Gasteiger partial charge in [-0.2, -0.15) is 0 Å². The van der Waals surface area contributed by atoms with Crippen molar-refractivity contribution in [3.8, 4) is 0 Å². The number of rotatable bonds is 5. The molecule has 0 bridgehead atoms. The lowest BCUT2D eigenvalue weighted by Crippen LogP contribution is -2.54. The molecule has 0 aromatic heterocycles. The van der Waals surface area contributed by atoms with Gasteiger partial charge in [0.15, 0.2) is 17.5 Å². The van der Waals surface area contributed by atoms with E-state index >= 15 is 0 Å². The van der Waals surface area contributed by atoms with E-state index in [-0.39, 0.29) is 6.42 Å². The second kappa shape index (κ2) is 7.03. The summed E-state index contributed by atoms with van der Waals surface area (Å²) in [6.45, 7) is 7.98. The van der Waals surface area contributed by atoms with E-state index in [1.54, 1.807) is 20.8 Å². The van der Waals surface area contributed by atoms with Crippen LogP contribution in [-0.2, 0) is 23.9 Å². The number of esters is 1. The summed E-state index contributed by atoms with van der Waals surface area (Å²) in [4.78, 5) is 51.0. The van der Waals surface area contributed by atoms with E-state index in [0.29, 0.717) is 13.1 Å². The van der Waals surface area contributed by atoms with Crippen molar-refractivity contribution in [2.75, 3.05) is 20.2 Å². The predicted molar refractivity (Wildman–Crippen MR) is 80.0 cm³/mol. The molecule has 2 unspecified atom stereocenters. The molecule has 0 N–H and O–H groups in total. The van der Waals surface area contributed by atoms with E-state index in [4.69, 9.17) is 4.74 Å². The molecule has 0 heterocycles. The molecule has 6 heteroatoms. The Bertz CT molecular complexity index is 483. The Morgan fingerprint density at radius 1 is 1.27 bits per heavy atom. The lowest BCUT2D eigenvalue weighted by molar-refractivity contribution is -0.163. The molecule has 0 spiro atoms. The second-order valence-corrected chi connectivity index (χ2v) is 6.34. The number of methoxy groups -OCH3 is 1. The minimum Gasteiger partial charge on any atom is -0.468 e. The van der Waals surface area contributed by atoms with Gasteiger partial charge >= 0.3 is 5.97 Å². The lowest BCUT2D eigenvalue weighted by Gasteiger charge is -2.38. The number of hydrogen-bond acceptors (Lipinski definition) is 5. The molecule has 1 saturated carbocycles. The number of Topliss-reactive ketones (excluding diaryl/α,β-unsaturated/α-hetero) is 2. The van der Waals surface area contributed by atoms with Gasteiger partial charge in [-0.1, -0.05) is 20.8 Å². The zero-order valence-corrected chi connectivity index (χ0v) is 14.0. The number of nitrogens with zero attached hydrogens (tertiary/aromatic N) is 1. The predicted octanol–water partition coefficient (Wildman–Crippen LogP) is 1.22. The highest BCUT2D eigenvalue weighted by Gasteiger charge is 2.54. The zero-order chi connectivity index (χ0) is 17.1. The molecule has 1 fully saturated rings. The van der Waals surface area contributed by atoms with Crippen molar-refractivity contribution in [3.05, 3.63) is 0 Å². The molecular formula is C16H25NO5. The third kappa shape index (κ3) is 3.36. The third-order valence-corrected chi connectivity index (χ3v) is 4.17. The Morgan fingerprint density at radius 3 is 2.32 bits per heavy atom. The standard InChI is InChI=1S/C16H25NO5/c1-6-8-17(7-2)14(20)11-10(18)9-16(3,4)12(13(11)19)15(21)22-5/h11-12H,6-9H2,1-5H3. The largest absolute Gasteiger partial charge is 0.468 e. The van der Waals surface area contributed by atoms with Crippen molar-refractivity contribution in [1.29, 1.82) is 0 Å². The topological polar surface area (TPSA) is 80.8 Å². The molecule has 1 aliphatic rings. The maximum atomic E-state index is 12.6. The summed E-state index contributed by atoms with van der Waals surface area (Å²) in [6, 6.07) is 0. The van der Waals surface area contributed by atoms with E-state index < -0.39 is 40.7 Å². The Morgan fingerprint density at radius 2 is 1.86 bits per heavy atom. The fourth-order valence-electron chi connectivity index (χ4n) is 3.05. The van der Waals surface area contributed by atoms with Crippen LogP contribution in [0.1, 0.15) is 40.5 Å². The second-order valence-electron chi connectivity index (χ2n) is 6.34. The van der Waals surface area contributed by atoms with Gasteiger partial charge in [0, 0.05) is 19.5 Å². The number of carbonyl (C=O) groups is 4. The lowest BCUT2D eigenvalue weighted by atomic mass is 9.63. The van der Waals surface area contributed by atoms with Gasteiger partial charge in [0.1, 0.15) is 5.92 Å². The molecular weight excluding hydrogens is 286 g/mol. The molecule has 6 nitrogen and oxygen atoms in total. The normalized spacial score (nSPS) is 24.0. The quantitative estimate of drug-likeness (QED) is 0.563. The summed E-state index contributed by atoms with van der Waals surface area (Å²) in [6.07, 6.45) is 0.749. The van der Waals surface area contributed by atoms with E-state index in [1.807, 2.05) is 6.92 Å². The van der Waals surface area contributed by atoms with Crippen LogP contribution in [0, 0.1) is 17.3 Å². The van der Waals surface area contributed by atoms with Crippen molar-refractivity contribution >= 4 is 23.4 Å². The average Bonchev–Trinajstić information content (AvgIpc) is 2.42. The van der Waals surface area contributed by atoms with Gasteiger partial charge in [-0.25, -0.2) is 0 Å². The molecule has 0 aliphatic heterocycles. The zero-order valence-electron chi connectivity index (χ0n) is 14.0. The summed E-state index contributed by atoms with van der Waals surface area (Å²) in [5.74, 6) is -4.67. The minimum atomic E-state index is -1.37. The number of carbonyl (C=O) groups excluding carboxylic acids is 4. The highest BCUT2D eigenvalue weighted by Crippen LogP contribution is 2.40. The minimum absolute atomic E-state index is 0.0125. The molecule has 0 aromatic carbocycles. The van der Waals surface area contributed by atoms with E-state index in [0.717, 1.165) is 6.42 Å². The first-order chi connectivity index (χ1) is 10.2. The number of amides is 1.